The van der Waals surface area contributed by atoms with Gasteiger partial charge in [0, 0.05) is 23.3 Å². The summed E-state index contributed by atoms with van der Waals surface area (Å²) in [5.41, 5.74) is 0.317. The number of carbonyl (C=O) groups excluding carboxylic acids is 1. The van der Waals surface area contributed by atoms with Crippen LogP contribution in [0.2, 0.25) is 9.36 Å². The molecule has 8 heteroatoms. The average molecular weight is 394 g/mol. The van der Waals surface area contributed by atoms with Gasteiger partial charge in [0.15, 0.2) is 0 Å². The Morgan fingerprint density at radius 1 is 1.28 bits per heavy atom. The Hall–Kier alpha value is -2.15. The number of halogens is 2. The van der Waals surface area contributed by atoms with Crippen LogP contribution in [0.25, 0.3) is 0 Å². The second-order valence-corrected chi connectivity index (χ2v) is 7.32. The van der Waals surface area contributed by atoms with Crippen molar-refractivity contribution in [1.82, 2.24) is 15.3 Å². The fraction of sp³-hybridized carbons (Fsp3) is 0.118. The third-order valence-corrected chi connectivity index (χ3v) is 4.90. The molecule has 0 aliphatic carbocycles. The van der Waals surface area contributed by atoms with Gasteiger partial charge in [0.2, 0.25) is 5.88 Å². The predicted octanol–water partition coefficient (Wildman–Crippen LogP) is 5.13. The van der Waals surface area contributed by atoms with E-state index in [0.717, 1.165) is 4.88 Å². The lowest BCUT2D eigenvalue weighted by molar-refractivity contribution is 0.0937. The van der Waals surface area contributed by atoms with E-state index in [1.165, 1.54) is 23.7 Å². The topological polar surface area (TPSA) is 64.1 Å². The molecule has 0 bridgehead atoms. The number of pyridine rings is 2. The van der Waals surface area contributed by atoms with E-state index >= 15 is 0 Å². The highest BCUT2D eigenvalue weighted by molar-refractivity contribution is 7.16. The largest absolute Gasteiger partial charge is 0.436 e. The van der Waals surface area contributed by atoms with E-state index in [1.807, 2.05) is 13.0 Å². The molecule has 0 aliphatic rings. The van der Waals surface area contributed by atoms with Crippen LogP contribution in [0.1, 0.15) is 28.2 Å². The van der Waals surface area contributed by atoms with Gasteiger partial charge in [-0.05, 0) is 31.2 Å². The van der Waals surface area contributed by atoms with Crippen LogP contribution in [0, 0.1) is 0 Å². The normalized spacial score (nSPS) is 11.8. The monoisotopic (exact) mass is 393 g/mol. The molecular weight excluding hydrogens is 381 g/mol. The molecule has 0 saturated carbocycles. The molecule has 0 fully saturated rings. The molecule has 3 aromatic rings. The summed E-state index contributed by atoms with van der Waals surface area (Å²) in [4.78, 5) is 21.7. The van der Waals surface area contributed by atoms with Gasteiger partial charge in [-0.1, -0.05) is 23.2 Å². The Kier molecular flexibility index (Phi) is 5.53. The molecule has 0 saturated heterocycles. The van der Waals surface area contributed by atoms with Crippen LogP contribution in [0.3, 0.4) is 0 Å². The SMILES string of the molecule is CC(NC(=O)c1cccnc1Oc1cncc(Cl)c1)c1ccc(Cl)s1. The molecule has 1 atom stereocenters. The molecule has 3 rings (SSSR count). The van der Waals surface area contributed by atoms with Crippen molar-refractivity contribution in [2.75, 3.05) is 0 Å². The summed E-state index contributed by atoms with van der Waals surface area (Å²) in [7, 11) is 0. The number of nitrogens with one attached hydrogen (secondary N) is 1. The highest BCUT2D eigenvalue weighted by Gasteiger charge is 2.18. The highest BCUT2D eigenvalue weighted by Crippen LogP contribution is 2.28. The summed E-state index contributed by atoms with van der Waals surface area (Å²) in [5, 5.41) is 3.35. The Balaban J connectivity index is 1.78. The van der Waals surface area contributed by atoms with Crippen molar-refractivity contribution < 1.29 is 9.53 Å². The minimum atomic E-state index is -0.296. The summed E-state index contributed by atoms with van der Waals surface area (Å²) in [6, 6.07) is 8.41. The summed E-state index contributed by atoms with van der Waals surface area (Å²) in [6.07, 6.45) is 4.54. The fourth-order valence-electron chi connectivity index (χ4n) is 2.11. The van der Waals surface area contributed by atoms with Crippen LogP contribution in [0.4, 0.5) is 0 Å². The summed E-state index contributed by atoms with van der Waals surface area (Å²) in [5.74, 6) is 0.286. The van der Waals surface area contributed by atoms with Gasteiger partial charge in [0.1, 0.15) is 11.3 Å². The summed E-state index contributed by atoms with van der Waals surface area (Å²) in [6.45, 7) is 1.89. The lowest BCUT2D eigenvalue weighted by Crippen LogP contribution is -2.26. The number of aromatic nitrogens is 2. The van der Waals surface area contributed by atoms with Crippen LogP contribution >= 0.6 is 34.5 Å². The Morgan fingerprint density at radius 2 is 2.12 bits per heavy atom. The van der Waals surface area contributed by atoms with E-state index in [1.54, 1.807) is 30.5 Å². The predicted molar refractivity (Wildman–Crippen MR) is 98.8 cm³/mol. The molecular formula is C17H13Cl2N3O2S. The molecule has 5 nitrogen and oxygen atoms in total. The Morgan fingerprint density at radius 3 is 2.84 bits per heavy atom. The molecule has 0 aromatic carbocycles. The average Bonchev–Trinajstić information content (AvgIpc) is 3.02. The number of hydrogen-bond acceptors (Lipinski definition) is 5. The van der Waals surface area contributed by atoms with Gasteiger partial charge in [0.05, 0.1) is 21.6 Å². The molecule has 25 heavy (non-hydrogen) atoms. The second-order valence-electron chi connectivity index (χ2n) is 5.13. The van der Waals surface area contributed by atoms with Crippen LogP contribution in [0.15, 0.2) is 48.9 Å². The molecule has 0 aliphatic heterocycles. The zero-order valence-corrected chi connectivity index (χ0v) is 15.4. The van der Waals surface area contributed by atoms with Crippen molar-refractivity contribution in [2.24, 2.45) is 0 Å². The molecule has 1 unspecified atom stereocenters. The van der Waals surface area contributed by atoms with Gasteiger partial charge in [-0.15, -0.1) is 11.3 Å². The van der Waals surface area contributed by atoms with Crippen molar-refractivity contribution in [3.8, 4) is 11.6 Å². The third-order valence-electron chi connectivity index (χ3n) is 3.28. The van der Waals surface area contributed by atoms with Crippen molar-refractivity contribution in [3.63, 3.8) is 0 Å². The molecule has 128 valence electrons. The first-order valence-corrected chi connectivity index (χ1v) is 8.89. The van der Waals surface area contributed by atoms with Crippen molar-refractivity contribution >= 4 is 40.4 Å². The smallest absolute Gasteiger partial charge is 0.257 e. The van der Waals surface area contributed by atoms with Crippen LogP contribution in [-0.4, -0.2) is 15.9 Å². The third kappa shape index (κ3) is 4.48. The van der Waals surface area contributed by atoms with E-state index in [4.69, 9.17) is 27.9 Å². The van der Waals surface area contributed by atoms with Crippen molar-refractivity contribution in [3.05, 3.63) is 68.7 Å². The van der Waals surface area contributed by atoms with Gasteiger partial charge in [-0.25, -0.2) is 4.98 Å². The number of thiophene rings is 1. The fourth-order valence-corrected chi connectivity index (χ4v) is 3.34. The minimum absolute atomic E-state index is 0.181. The number of amides is 1. The number of rotatable bonds is 5. The lowest BCUT2D eigenvalue weighted by atomic mass is 10.2. The van der Waals surface area contributed by atoms with Gasteiger partial charge in [-0.2, -0.15) is 0 Å². The van der Waals surface area contributed by atoms with Gasteiger partial charge >= 0.3 is 0 Å². The molecule has 3 aromatic heterocycles. The van der Waals surface area contributed by atoms with E-state index in [9.17, 15) is 4.79 Å². The molecule has 1 amide bonds. The van der Waals surface area contributed by atoms with Gasteiger partial charge < -0.3 is 10.1 Å². The van der Waals surface area contributed by atoms with Crippen molar-refractivity contribution in [1.29, 1.82) is 0 Å². The van der Waals surface area contributed by atoms with Crippen molar-refractivity contribution in [2.45, 2.75) is 13.0 Å². The van der Waals surface area contributed by atoms with E-state index in [-0.39, 0.29) is 17.8 Å². The van der Waals surface area contributed by atoms with Crippen LogP contribution in [0.5, 0.6) is 11.6 Å². The van der Waals surface area contributed by atoms with Gasteiger partial charge in [0.25, 0.3) is 5.91 Å². The first kappa shape index (κ1) is 17.7. The standard InChI is InChI=1S/C17H13Cl2N3O2S/c1-10(14-4-5-15(19)25-14)22-16(23)13-3-2-6-21-17(13)24-12-7-11(18)8-20-9-12/h2-10H,1H3,(H,22,23). The molecule has 3 heterocycles. The number of ether oxygens (including phenoxy) is 1. The zero-order chi connectivity index (χ0) is 17.8. The molecule has 1 N–H and O–H groups in total. The Bertz CT molecular complexity index is 901. The minimum Gasteiger partial charge on any atom is -0.436 e. The maximum absolute atomic E-state index is 12.6. The number of carbonyl (C=O) groups is 1. The first-order valence-electron chi connectivity index (χ1n) is 7.32. The number of nitrogens with zero attached hydrogens (tertiary/aromatic N) is 2. The number of hydrogen-bond donors (Lipinski definition) is 1. The van der Waals surface area contributed by atoms with Gasteiger partial charge in [-0.3, -0.25) is 9.78 Å². The second kappa shape index (κ2) is 7.82. The first-order chi connectivity index (χ1) is 12.0. The summed E-state index contributed by atoms with van der Waals surface area (Å²) >= 11 is 13.3. The van der Waals surface area contributed by atoms with E-state index in [0.29, 0.717) is 20.7 Å². The van der Waals surface area contributed by atoms with E-state index < -0.39 is 0 Å². The van der Waals surface area contributed by atoms with Crippen LogP contribution < -0.4 is 10.1 Å². The maximum atomic E-state index is 12.6. The Labute approximate surface area is 158 Å². The highest BCUT2D eigenvalue weighted by atomic mass is 35.5. The van der Waals surface area contributed by atoms with E-state index in [2.05, 4.69) is 15.3 Å². The lowest BCUT2D eigenvalue weighted by Gasteiger charge is -2.14. The quantitative estimate of drug-likeness (QED) is 0.652. The molecule has 0 radical (unpaired) electrons. The summed E-state index contributed by atoms with van der Waals surface area (Å²) < 4.78 is 6.34. The van der Waals surface area contributed by atoms with Crippen LogP contribution in [-0.2, 0) is 0 Å². The maximum Gasteiger partial charge on any atom is 0.257 e. The molecule has 0 spiro atoms. The zero-order valence-electron chi connectivity index (χ0n) is 13.1.